The number of anilines is 1. The van der Waals surface area contributed by atoms with Gasteiger partial charge in [-0.2, -0.15) is 5.10 Å². The molecule has 170 valence electrons. The molecule has 0 saturated carbocycles. The number of ether oxygens (including phenoxy) is 1. The van der Waals surface area contributed by atoms with Crippen LogP contribution < -0.4 is 15.5 Å². The quantitative estimate of drug-likeness (QED) is 0.589. The second-order valence-corrected chi connectivity index (χ2v) is 8.80. The highest BCUT2D eigenvalue weighted by molar-refractivity contribution is 5.68. The van der Waals surface area contributed by atoms with E-state index >= 15 is 0 Å². The van der Waals surface area contributed by atoms with Gasteiger partial charge in [-0.15, -0.1) is 0 Å². The van der Waals surface area contributed by atoms with Crippen molar-refractivity contribution in [2.24, 2.45) is 0 Å². The molecule has 1 saturated heterocycles. The number of hydrogen-bond acceptors (Lipinski definition) is 6. The average molecular weight is 437 g/mol. The number of fused-ring (bicyclic) bond motifs is 1. The summed E-state index contributed by atoms with van der Waals surface area (Å²) in [5, 5.41) is 11.2. The Kier molecular flexibility index (Phi) is 6.60. The molecule has 1 aliphatic rings. The Bertz CT molecular complexity index is 1070. The lowest BCUT2D eigenvalue weighted by atomic mass is 10.2. The highest BCUT2D eigenvalue weighted by Gasteiger charge is 2.27. The van der Waals surface area contributed by atoms with Gasteiger partial charge in [0.1, 0.15) is 12.4 Å². The van der Waals surface area contributed by atoms with Crippen molar-refractivity contribution in [3.8, 4) is 0 Å². The van der Waals surface area contributed by atoms with Crippen molar-refractivity contribution in [2.75, 3.05) is 18.0 Å². The summed E-state index contributed by atoms with van der Waals surface area (Å²) in [5.41, 5.74) is 3.84. The van der Waals surface area contributed by atoms with Crippen molar-refractivity contribution >= 4 is 17.6 Å². The molecule has 4 rings (SSSR count). The molecule has 3 aromatic rings. The van der Waals surface area contributed by atoms with E-state index in [1.54, 1.807) is 0 Å². The predicted molar refractivity (Wildman–Crippen MR) is 125 cm³/mol. The molecule has 1 aliphatic heterocycles. The van der Waals surface area contributed by atoms with Gasteiger partial charge in [-0.1, -0.05) is 44.2 Å². The van der Waals surface area contributed by atoms with Gasteiger partial charge in [0, 0.05) is 43.0 Å². The van der Waals surface area contributed by atoms with Crippen molar-refractivity contribution in [1.82, 2.24) is 25.2 Å². The Morgan fingerprint density at radius 2 is 2.03 bits per heavy atom. The van der Waals surface area contributed by atoms with Crippen LogP contribution in [0.25, 0.3) is 5.65 Å². The highest BCUT2D eigenvalue weighted by Crippen LogP contribution is 2.24. The minimum Gasteiger partial charge on any atom is -0.445 e. The molecule has 0 spiro atoms. The zero-order valence-corrected chi connectivity index (χ0v) is 19.2. The molecular formula is C24H32N6O2. The fraction of sp³-hybridized carbons (Fsp3) is 0.458. The summed E-state index contributed by atoms with van der Waals surface area (Å²) in [6.45, 7) is 10.2. The first-order valence-electron chi connectivity index (χ1n) is 11.2. The SMILES string of the molecule is Cc1cn2nc([C@H](C)NC(C)C)cc2nc1N1CC[C@H](NC(=O)OCc2ccccc2)C1. The Balaban J connectivity index is 1.38. The molecule has 0 bridgehead atoms. The molecule has 2 atom stereocenters. The number of aromatic nitrogens is 3. The van der Waals surface area contributed by atoms with Crippen LogP contribution in [0, 0.1) is 6.92 Å². The summed E-state index contributed by atoms with van der Waals surface area (Å²) >= 11 is 0. The second-order valence-electron chi connectivity index (χ2n) is 8.80. The summed E-state index contributed by atoms with van der Waals surface area (Å²) in [5.74, 6) is 0.940. The van der Waals surface area contributed by atoms with Gasteiger partial charge >= 0.3 is 6.09 Å². The molecule has 3 heterocycles. The number of aryl methyl sites for hydroxylation is 1. The molecule has 8 heteroatoms. The van der Waals surface area contributed by atoms with Crippen LogP contribution in [0.4, 0.5) is 10.6 Å². The van der Waals surface area contributed by atoms with Gasteiger partial charge in [0.05, 0.1) is 11.7 Å². The van der Waals surface area contributed by atoms with Gasteiger partial charge in [0.2, 0.25) is 0 Å². The van der Waals surface area contributed by atoms with E-state index in [4.69, 9.17) is 14.8 Å². The maximum Gasteiger partial charge on any atom is 0.407 e. The van der Waals surface area contributed by atoms with Crippen molar-refractivity contribution in [3.05, 3.63) is 59.4 Å². The molecule has 1 fully saturated rings. The molecule has 1 amide bonds. The molecule has 8 nitrogen and oxygen atoms in total. The number of carbonyl (C=O) groups is 1. The zero-order chi connectivity index (χ0) is 22.7. The average Bonchev–Trinajstić information content (AvgIpc) is 3.38. The topological polar surface area (TPSA) is 83.8 Å². The fourth-order valence-electron chi connectivity index (χ4n) is 4.14. The van der Waals surface area contributed by atoms with E-state index in [1.165, 1.54) is 0 Å². The number of rotatable bonds is 7. The van der Waals surface area contributed by atoms with Crippen molar-refractivity contribution in [3.63, 3.8) is 0 Å². The minimum absolute atomic E-state index is 0.0337. The van der Waals surface area contributed by atoms with Crippen LogP contribution >= 0.6 is 0 Å². The van der Waals surface area contributed by atoms with Crippen LogP contribution in [0.3, 0.4) is 0 Å². The third-order valence-electron chi connectivity index (χ3n) is 5.67. The van der Waals surface area contributed by atoms with Crippen LogP contribution in [-0.4, -0.2) is 45.9 Å². The first-order valence-corrected chi connectivity index (χ1v) is 11.2. The van der Waals surface area contributed by atoms with Gasteiger partial charge in [-0.3, -0.25) is 0 Å². The standard InChI is InChI=1S/C24H32N6O2/c1-16(2)25-18(4)21-12-22-27-23(17(3)13-30(22)28-21)29-11-10-20(14-29)26-24(31)32-15-19-8-6-5-7-9-19/h5-9,12-13,16,18,20,25H,10-11,14-15H2,1-4H3,(H,26,31)/t18-,20-/m0/s1. The number of nitrogens with one attached hydrogen (secondary N) is 2. The lowest BCUT2D eigenvalue weighted by Crippen LogP contribution is -2.37. The van der Waals surface area contributed by atoms with Gasteiger partial charge in [-0.25, -0.2) is 14.3 Å². The summed E-state index contributed by atoms with van der Waals surface area (Å²) in [6, 6.07) is 12.3. The number of hydrogen-bond donors (Lipinski definition) is 2. The molecule has 32 heavy (non-hydrogen) atoms. The van der Waals surface area contributed by atoms with Crippen molar-refractivity contribution in [1.29, 1.82) is 0 Å². The number of benzene rings is 1. The maximum atomic E-state index is 12.2. The van der Waals surface area contributed by atoms with Crippen LogP contribution in [0.2, 0.25) is 0 Å². The highest BCUT2D eigenvalue weighted by atomic mass is 16.5. The zero-order valence-electron chi connectivity index (χ0n) is 19.2. The first kappa shape index (κ1) is 22.1. The van der Waals surface area contributed by atoms with E-state index < -0.39 is 0 Å². The van der Waals surface area contributed by atoms with E-state index in [-0.39, 0.29) is 24.8 Å². The van der Waals surface area contributed by atoms with Gasteiger partial charge in [0.25, 0.3) is 0 Å². The molecule has 1 aromatic carbocycles. The summed E-state index contributed by atoms with van der Waals surface area (Å²) in [7, 11) is 0. The fourth-order valence-corrected chi connectivity index (χ4v) is 4.14. The first-order chi connectivity index (χ1) is 15.4. The Morgan fingerprint density at radius 1 is 1.25 bits per heavy atom. The van der Waals surface area contributed by atoms with Gasteiger partial charge in [-0.05, 0) is 25.8 Å². The molecule has 0 unspecified atom stereocenters. The lowest BCUT2D eigenvalue weighted by Gasteiger charge is -2.20. The van der Waals surface area contributed by atoms with E-state index in [2.05, 4.69) is 36.3 Å². The normalized spacial score (nSPS) is 17.2. The molecule has 0 radical (unpaired) electrons. The number of amides is 1. The van der Waals surface area contributed by atoms with Crippen LogP contribution in [0.15, 0.2) is 42.6 Å². The monoisotopic (exact) mass is 436 g/mol. The smallest absolute Gasteiger partial charge is 0.407 e. The second kappa shape index (κ2) is 9.56. The van der Waals surface area contributed by atoms with E-state index in [9.17, 15) is 4.79 Å². The Hall–Kier alpha value is -3.13. The molecule has 2 N–H and O–H groups in total. The van der Waals surface area contributed by atoms with E-state index in [0.717, 1.165) is 41.3 Å². The Labute approximate surface area is 189 Å². The largest absolute Gasteiger partial charge is 0.445 e. The van der Waals surface area contributed by atoms with E-state index in [1.807, 2.05) is 54.0 Å². The van der Waals surface area contributed by atoms with Crippen LogP contribution in [-0.2, 0) is 11.3 Å². The number of carbonyl (C=O) groups excluding carboxylic acids is 1. The maximum absolute atomic E-state index is 12.2. The van der Waals surface area contributed by atoms with Crippen LogP contribution in [0.5, 0.6) is 0 Å². The summed E-state index contributed by atoms with van der Waals surface area (Å²) in [4.78, 5) is 19.3. The van der Waals surface area contributed by atoms with Gasteiger partial charge in [0.15, 0.2) is 5.65 Å². The van der Waals surface area contributed by atoms with Gasteiger partial charge < -0.3 is 20.3 Å². The lowest BCUT2D eigenvalue weighted by molar-refractivity contribution is 0.136. The van der Waals surface area contributed by atoms with Crippen molar-refractivity contribution < 1.29 is 9.53 Å². The third kappa shape index (κ3) is 5.19. The van der Waals surface area contributed by atoms with E-state index in [0.29, 0.717) is 12.6 Å². The third-order valence-corrected chi connectivity index (χ3v) is 5.67. The summed E-state index contributed by atoms with van der Waals surface area (Å²) < 4.78 is 7.21. The minimum atomic E-state index is -0.382. The molecule has 2 aromatic heterocycles. The number of alkyl carbamates (subject to hydrolysis) is 1. The summed E-state index contributed by atoms with van der Waals surface area (Å²) in [6.07, 6.45) is 2.50. The Morgan fingerprint density at radius 3 is 2.78 bits per heavy atom. The molecule has 0 aliphatic carbocycles. The predicted octanol–water partition coefficient (Wildman–Crippen LogP) is 3.60. The number of nitrogens with zero attached hydrogens (tertiary/aromatic N) is 4. The van der Waals surface area contributed by atoms with Crippen molar-refractivity contribution in [2.45, 2.75) is 58.8 Å². The molecular weight excluding hydrogens is 404 g/mol. The van der Waals surface area contributed by atoms with Crippen LogP contribution in [0.1, 0.15) is 50.1 Å².